The molecule has 3 atom stereocenters. The van der Waals surface area contributed by atoms with Gasteiger partial charge in [0.05, 0.1) is 12.5 Å². The summed E-state index contributed by atoms with van der Waals surface area (Å²) in [4.78, 5) is 27.5. The van der Waals surface area contributed by atoms with Crippen molar-refractivity contribution in [2.24, 2.45) is 23.3 Å². The van der Waals surface area contributed by atoms with Crippen LogP contribution in [-0.4, -0.2) is 60.4 Å². The molecule has 0 aliphatic carbocycles. The first-order chi connectivity index (χ1) is 9.47. The summed E-state index contributed by atoms with van der Waals surface area (Å²) in [6, 6.07) is 0.185. The molecule has 2 aliphatic heterocycles. The standard InChI is InChI=1S/C14H26N4O2.ClH/c1-10(15)11-4-6-17(7-11)9-13(19)18-5-2-3-12(8-18)14(16)20;/h10-12H,2-9,15H2,1H3,(H2,16,20);1H. The van der Waals surface area contributed by atoms with Crippen LogP contribution in [0.1, 0.15) is 26.2 Å². The summed E-state index contributed by atoms with van der Waals surface area (Å²) in [7, 11) is 0. The van der Waals surface area contributed by atoms with Gasteiger partial charge in [-0.1, -0.05) is 0 Å². The van der Waals surface area contributed by atoms with Gasteiger partial charge in [-0.3, -0.25) is 14.5 Å². The summed E-state index contributed by atoms with van der Waals surface area (Å²) < 4.78 is 0. The third-order valence-corrected chi connectivity index (χ3v) is 4.59. The average Bonchev–Trinajstić information content (AvgIpc) is 2.87. The molecule has 122 valence electrons. The minimum absolute atomic E-state index is 0. The summed E-state index contributed by atoms with van der Waals surface area (Å²) in [6.07, 6.45) is 2.73. The van der Waals surface area contributed by atoms with E-state index < -0.39 is 0 Å². The Hall–Kier alpha value is -0.850. The summed E-state index contributed by atoms with van der Waals surface area (Å²) in [6.45, 7) is 5.53. The van der Waals surface area contributed by atoms with Gasteiger partial charge in [0.1, 0.15) is 0 Å². The van der Waals surface area contributed by atoms with Gasteiger partial charge < -0.3 is 16.4 Å². The number of rotatable bonds is 4. The van der Waals surface area contributed by atoms with E-state index in [4.69, 9.17) is 11.5 Å². The smallest absolute Gasteiger partial charge is 0.236 e. The maximum Gasteiger partial charge on any atom is 0.236 e. The van der Waals surface area contributed by atoms with E-state index in [2.05, 4.69) is 4.90 Å². The molecule has 7 heteroatoms. The van der Waals surface area contributed by atoms with Gasteiger partial charge in [-0.2, -0.15) is 0 Å². The monoisotopic (exact) mass is 318 g/mol. The van der Waals surface area contributed by atoms with Crippen molar-refractivity contribution < 1.29 is 9.59 Å². The van der Waals surface area contributed by atoms with Gasteiger partial charge in [-0.05, 0) is 38.6 Å². The zero-order valence-electron chi connectivity index (χ0n) is 12.7. The van der Waals surface area contributed by atoms with Crippen LogP contribution in [0.2, 0.25) is 0 Å². The fourth-order valence-corrected chi connectivity index (χ4v) is 3.16. The van der Waals surface area contributed by atoms with Crippen LogP contribution in [0.25, 0.3) is 0 Å². The number of piperidine rings is 1. The quantitative estimate of drug-likeness (QED) is 0.751. The minimum Gasteiger partial charge on any atom is -0.369 e. The second-order valence-corrected chi connectivity index (χ2v) is 6.22. The van der Waals surface area contributed by atoms with Gasteiger partial charge in [-0.15, -0.1) is 12.4 Å². The lowest BCUT2D eigenvalue weighted by Gasteiger charge is -2.32. The number of likely N-dealkylation sites (tertiary alicyclic amines) is 2. The number of amides is 2. The molecule has 2 fully saturated rings. The number of nitrogens with two attached hydrogens (primary N) is 2. The lowest BCUT2D eigenvalue weighted by molar-refractivity contribution is -0.135. The van der Waals surface area contributed by atoms with Crippen LogP contribution in [-0.2, 0) is 9.59 Å². The van der Waals surface area contributed by atoms with E-state index in [-0.39, 0.29) is 36.2 Å². The molecule has 0 saturated carbocycles. The van der Waals surface area contributed by atoms with E-state index >= 15 is 0 Å². The number of primary amides is 1. The zero-order valence-corrected chi connectivity index (χ0v) is 13.5. The number of halogens is 1. The molecule has 2 rings (SSSR count). The molecule has 0 spiro atoms. The zero-order chi connectivity index (χ0) is 14.7. The molecule has 0 bridgehead atoms. The van der Waals surface area contributed by atoms with Gasteiger partial charge in [0, 0.05) is 25.7 Å². The summed E-state index contributed by atoms with van der Waals surface area (Å²) in [5, 5.41) is 0. The SMILES string of the molecule is CC(N)C1CCN(CC(=O)N2CCCC(C(N)=O)C2)C1.Cl. The van der Waals surface area contributed by atoms with Crippen LogP contribution < -0.4 is 11.5 Å². The van der Waals surface area contributed by atoms with E-state index in [0.717, 1.165) is 38.9 Å². The Balaban J connectivity index is 0.00000220. The third kappa shape index (κ3) is 4.83. The van der Waals surface area contributed by atoms with E-state index in [1.807, 2.05) is 6.92 Å². The normalized spacial score (nSPS) is 28.0. The van der Waals surface area contributed by atoms with Crippen LogP contribution in [0.3, 0.4) is 0 Å². The second-order valence-electron chi connectivity index (χ2n) is 6.22. The Bertz CT molecular complexity index is 378. The van der Waals surface area contributed by atoms with Crippen LogP contribution in [0.15, 0.2) is 0 Å². The first-order valence-corrected chi connectivity index (χ1v) is 7.52. The number of nitrogens with zero attached hydrogens (tertiary/aromatic N) is 2. The molecular formula is C14H27ClN4O2. The Morgan fingerprint density at radius 3 is 2.52 bits per heavy atom. The maximum absolute atomic E-state index is 12.3. The highest BCUT2D eigenvalue weighted by molar-refractivity contribution is 5.85. The molecule has 21 heavy (non-hydrogen) atoms. The van der Waals surface area contributed by atoms with Crippen LogP contribution >= 0.6 is 12.4 Å². The molecule has 0 aromatic heterocycles. The molecular weight excluding hydrogens is 292 g/mol. The Labute approximate surface area is 132 Å². The molecule has 2 aliphatic rings. The molecule has 2 amide bonds. The topological polar surface area (TPSA) is 92.7 Å². The lowest BCUT2D eigenvalue weighted by Crippen LogP contribution is -2.47. The van der Waals surface area contributed by atoms with E-state index in [1.165, 1.54) is 0 Å². The van der Waals surface area contributed by atoms with Gasteiger partial charge in [0.2, 0.25) is 11.8 Å². The largest absolute Gasteiger partial charge is 0.369 e. The molecule has 2 heterocycles. The first-order valence-electron chi connectivity index (χ1n) is 7.52. The predicted octanol–water partition coefficient (Wildman–Crippen LogP) is -0.199. The Kier molecular flexibility index (Phi) is 6.90. The van der Waals surface area contributed by atoms with Crippen molar-refractivity contribution in [1.82, 2.24) is 9.80 Å². The fourth-order valence-electron chi connectivity index (χ4n) is 3.16. The second kappa shape index (κ2) is 7.96. The summed E-state index contributed by atoms with van der Waals surface area (Å²) >= 11 is 0. The van der Waals surface area contributed by atoms with Crippen molar-refractivity contribution in [3.63, 3.8) is 0 Å². The lowest BCUT2D eigenvalue weighted by atomic mass is 9.97. The molecule has 3 unspecified atom stereocenters. The Morgan fingerprint density at radius 2 is 1.95 bits per heavy atom. The molecule has 2 saturated heterocycles. The van der Waals surface area contributed by atoms with Gasteiger partial charge in [-0.25, -0.2) is 0 Å². The van der Waals surface area contributed by atoms with Crippen LogP contribution in [0, 0.1) is 11.8 Å². The van der Waals surface area contributed by atoms with Crippen molar-refractivity contribution in [2.45, 2.75) is 32.2 Å². The average molecular weight is 319 g/mol. The molecule has 0 radical (unpaired) electrons. The molecule has 0 aromatic rings. The minimum atomic E-state index is -0.291. The van der Waals surface area contributed by atoms with E-state index in [1.54, 1.807) is 4.90 Å². The van der Waals surface area contributed by atoms with E-state index in [9.17, 15) is 9.59 Å². The van der Waals surface area contributed by atoms with Crippen LogP contribution in [0.4, 0.5) is 0 Å². The highest BCUT2D eigenvalue weighted by Crippen LogP contribution is 2.20. The van der Waals surface area contributed by atoms with Crippen molar-refractivity contribution in [2.75, 3.05) is 32.7 Å². The van der Waals surface area contributed by atoms with Crippen molar-refractivity contribution in [3.05, 3.63) is 0 Å². The summed E-state index contributed by atoms with van der Waals surface area (Å²) in [5.74, 6) is 0.132. The number of hydrogen-bond acceptors (Lipinski definition) is 4. The molecule has 4 N–H and O–H groups in total. The van der Waals surface area contributed by atoms with Gasteiger partial charge >= 0.3 is 0 Å². The van der Waals surface area contributed by atoms with Crippen molar-refractivity contribution in [1.29, 1.82) is 0 Å². The third-order valence-electron chi connectivity index (χ3n) is 4.59. The first kappa shape index (κ1) is 18.2. The van der Waals surface area contributed by atoms with Gasteiger partial charge in [0.25, 0.3) is 0 Å². The van der Waals surface area contributed by atoms with Crippen LogP contribution in [0.5, 0.6) is 0 Å². The molecule has 0 aromatic carbocycles. The number of hydrogen-bond donors (Lipinski definition) is 2. The van der Waals surface area contributed by atoms with Crippen molar-refractivity contribution in [3.8, 4) is 0 Å². The van der Waals surface area contributed by atoms with Gasteiger partial charge in [0.15, 0.2) is 0 Å². The number of carbonyl (C=O) groups excluding carboxylic acids is 2. The summed E-state index contributed by atoms with van der Waals surface area (Å²) in [5.41, 5.74) is 11.3. The molecule has 6 nitrogen and oxygen atoms in total. The predicted molar refractivity (Wildman–Crippen MR) is 83.9 cm³/mol. The number of carbonyl (C=O) groups is 2. The fraction of sp³-hybridized carbons (Fsp3) is 0.857. The van der Waals surface area contributed by atoms with Crippen molar-refractivity contribution >= 4 is 24.2 Å². The highest BCUT2D eigenvalue weighted by atomic mass is 35.5. The Morgan fingerprint density at radius 1 is 1.24 bits per heavy atom. The van der Waals surface area contributed by atoms with E-state index in [0.29, 0.717) is 19.0 Å². The highest BCUT2D eigenvalue weighted by Gasteiger charge is 2.30. The maximum atomic E-state index is 12.3.